The first kappa shape index (κ1) is 63.2. The molecule has 434 valence electrons. The molecule has 0 fully saturated rings. The molecule has 0 N–H and O–H groups in total. The van der Waals surface area contributed by atoms with Crippen LogP contribution in [0.1, 0.15) is 0 Å². The Labute approximate surface area is 497 Å². The molecule has 0 spiro atoms. The number of carbonyl (C=O) groups excluding carboxylic acids is 4. The van der Waals surface area contributed by atoms with Gasteiger partial charge in [-0.2, -0.15) is 0 Å². The fourth-order valence-corrected chi connectivity index (χ4v) is 7.09. The molecule has 9 rings (SSSR count). The lowest BCUT2D eigenvalue weighted by atomic mass is 10.1. The molecule has 0 unspecified atom stereocenters. The van der Waals surface area contributed by atoms with Crippen LogP contribution in [-0.2, 0) is 38.1 Å². The third kappa shape index (κ3) is 21.5. The van der Waals surface area contributed by atoms with Gasteiger partial charge in [0.05, 0.1) is 31.1 Å². The van der Waals surface area contributed by atoms with Crippen LogP contribution in [-0.4, -0.2) is 51.0 Å². The minimum Gasteiger partial charge on any atom is -0.466 e. The fourth-order valence-electron chi connectivity index (χ4n) is 7.09. The average molecular weight is 1160 g/mol. The highest BCUT2D eigenvalue weighted by Crippen LogP contribution is 2.29. The molecule has 0 radical (unpaired) electrons. The molecule has 8 aromatic rings. The van der Waals surface area contributed by atoms with Gasteiger partial charge in [-0.3, -0.25) is 0 Å². The van der Waals surface area contributed by atoms with Gasteiger partial charge in [-0.15, -0.1) is 11.5 Å². The molecule has 0 aromatic heterocycles. The molecule has 0 aliphatic heterocycles. The van der Waals surface area contributed by atoms with Crippen LogP contribution in [0, 0.1) is 0 Å². The summed E-state index contributed by atoms with van der Waals surface area (Å²) < 4.78 is 61.5. The van der Waals surface area contributed by atoms with Gasteiger partial charge in [-0.1, -0.05) is 119 Å². The van der Waals surface area contributed by atoms with Gasteiger partial charge in [0.1, 0.15) is 51.6 Å². The van der Waals surface area contributed by atoms with E-state index < -0.39 is 17.9 Å². The van der Waals surface area contributed by atoms with Crippen LogP contribution >= 0.6 is 0 Å². The van der Waals surface area contributed by atoms with E-state index in [4.69, 9.17) is 56.8 Å². The molecule has 16 nitrogen and oxygen atoms in total. The van der Waals surface area contributed by atoms with Crippen molar-refractivity contribution < 1.29 is 76.0 Å². The lowest BCUT2D eigenvalue weighted by Gasteiger charge is -2.08. The number of rotatable bonds is 26. The summed E-state index contributed by atoms with van der Waals surface area (Å²) in [6.45, 7) is 24.3. The molecule has 1 aliphatic carbocycles. The van der Waals surface area contributed by atoms with Gasteiger partial charge < -0.3 is 56.8 Å². The van der Waals surface area contributed by atoms with Crippen molar-refractivity contribution >= 4 is 45.4 Å². The quantitative estimate of drug-likeness (QED) is 0.00949. The highest BCUT2D eigenvalue weighted by Gasteiger charge is 2.15. The fraction of sp³-hybridized carbons (Fsp3) is 0.0571. The largest absolute Gasteiger partial charge is 0.466 e. The molecule has 0 heterocycles. The maximum absolute atomic E-state index is 11.5. The highest BCUT2D eigenvalue weighted by molar-refractivity contribution is 5.97. The highest BCUT2D eigenvalue weighted by atomic mass is 16.7. The Morgan fingerprint density at radius 3 is 0.965 bits per heavy atom. The van der Waals surface area contributed by atoms with Crippen LogP contribution in [0.5, 0.6) is 46.0 Å². The first-order chi connectivity index (χ1) is 41.9. The van der Waals surface area contributed by atoms with Crippen molar-refractivity contribution in [2.75, 3.05) is 27.2 Å². The summed E-state index contributed by atoms with van der Waals surface area (Å²) in [5, 5.41) is 3.85. The van der Waals surface area contributed by atoms with E-state index in [0.717, 1.165) is 62.0 Å². The minimum absolute atomic E-state index is 0.115. The third-order valence-corrected chi connectivity index (χ3v) is 11.2. The van der Waals surface area contributed by atoms with Gasteiger partial charge in [0, 0.05) is 18.2 Å². The number of hydrogen-bond donors (Lipinski definition) is 0. The first-order valence-electron chi connectivity index (χ1n) is 25.8. The molecule has 1 aliphatic rings. The van der Waals surface area contributed by atoms with Crippen LogP contribution in [0.4, 0.5) is 0 Å². The second-order valence-electron chi connectivity index (χ2n) is 16.9. The second kappa shape index (κ2) is 34.4. The maximum Gasteiger partial charge on any atom is 0.352 e. The zero-order valence-corrected chi connectivity index (χ0v) is 46.6. The molecule has 0 saturated heterocycles. The molecule has 8 aromatic carbocycles. The topological polar surface area (TPSA) is 179 Å². The summed E-state index contributed by atoms with van der Waals surface area (Å²) in [7, 11) is 0. The normalized spacial score (nSPS) is 10.1. The molecule has 0 saturated carbocycles. The van der Waals surface area contributed by atoms with Gasteiger partial charge in [0.25, 0.3) is 0 Å². The number of hydrogen-bond acceptors (Lipinski definition) is 16. The van der Waals surface area contributed by atoms with Crippen molar-refractivity contribution in [3.05, 3.63) is 282 Å². The van der Waals surface area contributed by atoms with E-state index in [2.05, 4.69) is 57.5 Å². The van der Waals surface area contributed by atoms with Crippen LogP contribution in [0.2, 0.25) is 0 Å². The Morgan fingerprint density at radius 1 is 0.360 bits per heavy atom. The van der Waals surface area contributed by atoms with Crippen LogP contribution in [0.25, 0.3) is 43.8 Å². The standard InChI is InChI=1S/C19H16O4.C18H16O4.C17H12O4.C16H14O4/c1-3-5-19(20)23-18-12-8-16(9-13-18)15-6-10-17(11-7-15)22-14-21-4-2;1-3-18(19)22-17-11-7-15(8-12-17)14-5-9-16(10-6-14)21-13-20-4-2;1-2-19-11-20-15-7-5-14-10-16(8-6-13(14)9-15)21-17(18)12-3-4-12;1-3-16(17)20-15-8-6-12-9-14(19-11-18-4-2)7-5-13(12)10-15/h4-13H,1-2,14H2;3-12H,1-2,13H2;2-3,5-10H,1,11H2;3-10H,1-2,11H2. The molecule has 0 atom stereocenters. The molecule has 16 heteroatoms. The number of benzene rings is 8. The first-order valence-corrected chi connectivity index (χ1v) is 25.8. The molecule has 0 amide bonds. The van der Waals surface area contributed by atoms with E-state index in [1.165, 1.54) is 25.0 Å². The van der Waals surface area contributed by atoms with Crippen LogP contribution in [0.3, 0.4) is 0 Å². The Hall–Kier alpha value is -12.0. The minimum atomic E-state index is -0.504. The van der Waals surface area contributed by atoms with Crippen LogP contribution in [0.15, 0.2) is 282 Å². The maximum atomic E-state index is 11.5. The van der Waals surface area contributed by atoms with Crippen molar-refractivity contribution in [1.82, 2.24) is 0 Å². The van der Waals surface area contributed by atoms with E-state index in [9.17, 15) is 19.2 Å². The summed E-state index contributed by atoms with van der Waals surface area (Å²) in [5.41, 5.74) is 9.62. The SMILES string of the molecule is C=C=CC(=O)Oc1ccc(-c2ccc(OCOC=C)cc2)cc1.C=COCOc1ccc(-c2ccc(OC(=O)C=C)cc2)cc1.C=COCOc1ccc2cc(OC(=O)C3=C=C3)ccc2c1.C=COCOc1ccc2cc(OC(=O)C=C)ccc2c1. The average Bonchev–Trinajstić information content (AvgIpc) is 4.53. The van der Waals surface area contributed by atoms with Gasteiger partial charge in [-0.25, -0.2) is 19.2 Å². The Bertz CT molecular complexity index is 3770. The smallest absolute Gasteiger partial charge is 0.352 e. The summed E-state index contributed by atoms with van der Waals surface area (Å²) in [6, 6.07) is 51.5. The van der Waals surface area contributed by atoms with Crippen molar-refractivity contribution in [3.63, 3.8) is 0 Å². The predicted molar refractivity (Wildman–Crippen MR) is 327 cm³/mol. The van der Waals surface area contributed by atoms with Gasteiger partial charge in [0.15, 0.2) is 0 Å². The monoisotopic (exact) mass is 1150 g/mol. The summed E-state index contributed by atoms with van der Waals surface area (Å²) in [6.07, 6.45) is 10.3. The predicted octanol–water partition coefficient (Wildman–Crippen LogP) is 14.8. The van der Waals surface area contributed by atoms with Crippen molar-refractivity contribution in [2.24, 2.45) is 0 Å². The summed E-state index contributed by atoms with van der Waals surface area (Å²) in [5.74, 6) is 2.89. The molecular weight excluding hydrogens is 1100 g/mol. The lowest BCUT2D eigenvalue weighted by molar-refractivity contribution is -0.130. The Balaban J connectivity index is 0.000000184. The number of fused-ring (bicyclic) bond motifs is 2. The third-order valence-electron chi connectivity index (χ3n) is 11.2. The zero-order chi connectivity index (χ0) is 61.3. The van der Waals surface area contributed by atoms with Crippen molar-refractivity contribution in [3.8, 4) is 68.2 Å². The zero-order valence-electron chi connectivity index (χ0n) is 46.6. The summed E-state index contributed by atoms with van der Waals surface area (Å²) >= 11 is 0. The second-order valence-corrected chi connectivity index (χ2v) is 16.9. The van der Waals surface area contributed by atoms with Crippen molar-refractivity contribution in [2.45, 2.75) is 0 Å². The Kier molecular flexibility index (Phi) is 25.3. The van der Waals surface area contributed by atoms with Crippen LogP contribution < -0.4 is 37.9 Å². The molecule has 0 bridgehead atoms. The number of ether oxygens (including phenoxy) is 12. The van der Waals surface area contributed by atoms with E-state index in [1.807, 2.05) is 121 Å². The van der Waals surface area contributed by atoms with Gasteiger partial charge >= 0.3 is 23.9 Å². The van der Waals surface area contributed by atoms with E-state index in [-0.39, 0.29) is 33.1 Å². The number of esters is 4. The van der Waals surface area contributed by atoms with Gasteiger partial charge in [0.2, 0.25) is 27.2 Å². The summed E-state index contributed by atoms with van der Waals surface area (Å²) in [4.78, 5) is 45.1. The van der Waals surface area contributed by atoms with E-state index >= 15 is 0 Å². The van der Waals surface area contributed by atoms with E-state index in [1.54, 1.807) is 54.6 Å². The van der Waals surface area contributed by atoms with Crippen molar-refractivity contribution in [1.29, 1.82) is 0 Å². The van der Waals surface area contributed by atoms with E-state index in [0.29, 0.717) is 51.6 Å². The number of carbonyl (C=O) groups is 4. The Morgan fingerprint density at radius 2 is 0.640 bits per heavy atom. The molecule has 86 heavy (non-hydrogen) atoms. The lowest BCUT2D eigenvalue weighted by Crippen LogP contribution is -2.05. The molecular formula is C70H58O16. The van der Waals surface area contributed by atoms with Gasteiger partial charge in [-0.05, 0) is 141 Å².